The molecule has 0 fully saturated rings. The Bertz CT molecular complexity index is 1220. The molecule has 4 rings (SSSR count). The van der Waals surface area contributed by atoms with Gasteiger partial charge in [0.25, 0.3) is 10.0 Å². The highest BCUT2D eigenvalue weighted by Crippen LogP contribution is 2.23. The Balaban J connectivity index is 1.44. The van der Waals surface area contributed by atoms with Crippen molar-refractivity contribution in [2.45, 2.75) is 16.7 Å². The summed E-state index contributed by atoms with van der Waals surface area (Å²) in [6, 6.07) is 29.5. The Morgan fingerprint density at radius 2 is 1.38 bits per heavy atom. The van der Waals surface area contributed by atoms with Crippen molar-refractivity contribution in [1.82, 2.24) is 5.32 Å². The van der Waals surface area contributed by atoms with Gasteiger partial charge in [-0.15, -0.1) is 11.3 Å². The first-order chi connectivity index (χ1) is 15.5. The van der Waals surface area contributed by atoms with E-state index in [1.165, 1.54) is 0 Å². The number of benzene rings is 3. The molecule has 1 heterocycles. The van der Waals surface area contributed by atoms with E-state index in [1.807, 2.05) is 60.7 Å². The first-order valence-electron chi connectivity index (χ1n) is 10.1. The summed E-state index contributed by atoms with van der Waals surface area (Å²) in [7, 11) is -3.59. The molecule has 1 amide bonds. The molecule has 162 valence electrons. The Hall–Kier alpha value is -3.42. The maximum atomic E-state index is 12.8. The first kappa shape index (κ1) is 21.8. The van der Waals surface area contributed by atoms with Crippen LogP contribution in [0.3, 0.4) is 0 Å². The van der Waals surface area contributed by atoms with Crippen LogP contribution in [0.4, 0.5) is 5.69 Å². The Kier molecular flexibility index (Phi) is 6.68. The van der Waals surface area contributed by atoms with Gasteiger partial charge in [-0.1, -0.05) is 78.9 Å². The summed E-state index contributed by atoms with van der Waals surface area (Å²) in [6.45, 7) is 0. The smallest absolute Gasteiger partial charge is 0.271 e. The highest BCUT2D eigenvalue weighted by atomic mass is 32.2. The van der Waals surface area contributed by atoms with E-state index in [0.29, 0.717) is 5.69 Å². The van der Waals surface area contributed by atoms with E-state index in [-0.39, 0.29) is 22.6 Å². The van der Waals surface area contributed by atoms with Gasteiger partial charge < -0.3 is 5.32 Å². The molecule has 3 aromatic carbocycles. The third kappa shape index (κ3) is 5.43. The Morgan fingerprint density at radius 3 is 1.91 bits per heavy atom. The standard InChI is InChI=1S/C25H22N2O3S2/c28-23(26-25(20-8-3-1-4-9-20)21-10-5-2-6-11-21)18-19-13-15-22(16-14-19)27-32(29,30)24-12-7-17-31-24/h1-17,25,27H,18H2,(H,26,28). The van der Waals surface area contributed by atoms with Crippen LogP contribution in [0.15, 0.2) is 107 Å². The maximum absolute atomic E-state index is 12.8. The molecule has 4 aromatic rings. The predicted octanol–water partition coefficient (Wildman–Crippen LogP) is 5.00. The van der Waals surface area contributed by atoms with E-state index >= 15 is 0 Å². The van der Waals surface area contributed by atoms with Crippen molar-refractivity contribution in [3.05, 3.63) is 119 Å². The number of thiophene rings is 1. The molecule has 0 aliphatic rings. The van der Waals surface area contributed by atoms with Crippen molar-refractivity contribution in [3.63, 3.8) is 0 Å². The van der Waals surface area contributed by atoms with Crippen LogP contribution < -0.4 is 10.0 Å². The fourth-order valence-electron chi connectivity index (χ4n) is 3.36. The number of carbonyl (C=O) groups is 1. The fourth-order valence-corrected chi connectivity index (χ4v) is 5.41. The molecule has 0 spiro atoms. The summed E-state index contributed by atoms with van der Waals surface area (Å²) >= 11 is 1.16. The minimum Gasteiger partial charge on any atom is -0.345 e. The van der Waals surface area contributed by atoms with Crippen LogP contribution in [-0.2, 0) is 21.2 Å². The molecule has 7 heteroatoms. The number of sulfonamides is 1. The minimum atomic E-state index is -3.59. The topological polar surface area (TPSA) is 75.3 Å². The monoisotopic (exact) mass is 462 g/mol. The summed E-state index contributed by atoms with van der Waals surface area (Å²) in [6.07, 6.45) is 0.189. The van der Waals surface area contributed by atoms with Gasteiger partial charge >= 0.3 is 0 Å². The summed E-state index contributed by atoms with van der Waals surface area (Å²) < 4.78 is 27.5. The van der Waals surface area contributed by atoms with Gasteiger partial charge in [-0.05, 0) is 40.3 Å². The molecule has 0 radical (unpaired) electrons. The second-order valence-corrected chi connectivity index (χ2v) is 10.1. The Labute approximate surface area is 191 Å². The van der Waals surface area contributed by atoms with Crippen molar-refractivity contribution in [1.29, 1.82) is 0 Å². The molecular formula is C25H22N2O3S2. The summed E-state index contributed by atoms with van der Waals surface area (Å²) in [5, 5.41) is 4.84. The lowest BCUT2D eigenvalue weighted by Gasteiger charge is -2.20. The lowest BCUT2D eigenvalue weighted by Crippen LogP contribution is -2.30. The molecule has 2 N–H and O–H groups in total. The molecule has 0 saturated carbocycles. The van der Waals surface area contributed by atoms with E-state index in [1.54, 1.807) is 41.8 Å². The molecule has 0 bridgehead atoms. The molecule has 0 aliphatic carbocycles. The number of hydrogen-bond donors (Lipinski definition) is 2. The van der Waals surface area contributed by atoms with Gasteiger partial charge in [0.15, 0.2) is 0 Å². The number of hydrogen-bond acceptors (Lipinski definition) is 4. The summed E-state index contributed by atoms with van der Waals surface area (Å²) in [4.78, 5) is 12.8. The van der Waals surface area contributed by atoms with Crippen molar-refractivity contribution in [2.75, 3.05) is 4.72 Å². The number of nitrogens with one attached hydrogen (secondary N) is 2. The van der Waals surface area contributed by atoms with Crippen molar-refractivity contribution < 1.29 is 13.2 Å². The fraction of sp³-hybridized carbons (Fsp3) is 0.0800. The lowest BCUT2D eigenvalue weighted by atomic mass is 9.98. The van der Waals surface area contributed by atoms with E-state index in [0.717, 1.165) is 28.0 Å². The summed E-state index contributed by atoms with van der Waals surface area (Å²) in [5.41, 5.74) is 3.26. The summed E-state index contributed by atoms with van der Waals surface area (Å²) in [5.74, 6) is -0.116. The number of anilines is 1. The second kappa shape index (κ2) is 9.80. The van der Waals surface area contributed by atoms with Gasteiger partial charge in [-0.3, -0.25) is 9.52 Å². The van der Waals surface area contributed by atoms with Gasteiger partial charge in [0.1, 0.15) is 4.21 Å². The van der Waals surface area contributed by atoms with Gasteiger partial charge in [-0.25, -0.2) is 8.42 Å². The zero-order chi connectivity index (χ0) is 22.4. The van der Waals surface area contributed by atoms with Crippen LogP contribution in [0.5, 0.6) is 0 Å². The van der Waals surface area contributed by atoms with Crippen LogP contribution in [0.25, 0.3) is 0 Å². The first-order valence-corrected chi connectivity index (χ1v) is 12.4. The van der Waals surface area contributed by atoms with E-state index in [9.17, 15) is 13.2 Å². The molecule has 0 saturated heterocycles. The van der Waals surface area contributed by atoms with Crippen molar-refractivity contribution in [3.8, 4) is 0 Å². The average Bonchev–Trinajstić information content (AvgIpc) is 3.36. The average molecular weight is 463 g/mol. The molecule has 0 atom stereocenters. The number of amides is 1. The van der Waals surface area contributed by atoms with E-state index in [2.05, 4.69) is 10.0 Å². The van der Waals surface area contributed by atoms with Gasteiger partial charge in [-0.2, -0.15) is 0 Å². The second-order valence-electron chi connectivity index (χ2n) is 7.23. The third-order valence-corrected chi connectivity index (χ3v) is 7.68. The van der Waals surface area contributed by atoms with Crippen LogP contribution in [0, 0.1) is 0 Å². The molecule has 5 nitrogen and oxygen atoms in total. The largest absolute Gasteiger partial charge is 0.345 e. The van der Waals surface area contributed by atoms with Gasteiger partial charge in [0, 0.05) is 5.69 Å². The lowest BCUT2D eigenvalue weighted by molar-refractivity contribution is -0.120. The van der Waals surface area contributed by atoms with Crippen molar-refractivity contribution in [2.24, 2.45) is 0 Å². The van der Waals surface area contributed by atoms with Gasteiger partial charge in [0.2, 0.25) is 5.91 Å². The third-order valence-electron chi connectivity index (χ3n) is 4.90. The minimum absolute atomic E-state index is 0.116. The molecular weight excluding hydrogens is 440 g/mol. The molecule has 1 aromatic heterocycles. The number of rotatable bonds is 8. The normalized spacial score (nSPS) is 11.3. The van der Waals surface area contributed by atoms with Crippen LogP contribution in [0.2, 0.25) is 0 Å². The maximum Gasteiger partial charge on any atom is 0.271 e. The quantitative estimate of drug-likeness (QED) is 0.387. The Morgan fingerprint density at radius 1 is 0.781 bits per heavy atom. The van der Waals surface area contributed by atoms with Crippen LogP contribution >= 0.6 is 11.3 Å². The van der Waals surface area contributed by atoms with E-state index in [4.69, 9.17) is 0 Å². The molecule has 0 aliphatic heterocycles. The SMILES string of the molecule is O=C(Cc1ccc(NS(=O)(=O)c2cccs2)cc1)NC(c1ccccc1)c1ccccc1. The highest BCUT2D eigenvalue weighted by molar-refractivity contribution is 7.94. The van der Waals surface area contributed by atoms with Crippen LogP contribution in [-0.4, -0.2) is 14.3 Å². The number of carbonyl (C=O) groups excluding carboxylic acids is 1. The zero-order valence-corrected chi connectivity index (χ0v) is 18.8. The van der Waals surface area contributed by atoms with E-state index < -0.39 is 10.0 Å². The van der Waals surface area contributed by atoms with Crippen LogP contribution in [0.1, 0.15) is 22.7 Å². The van der Waals surface area contributed by atoms with Gasteiger partial charge in [0.05, 0.1) is 12.5 Å². The van der Waals surface area contributed by atoms with Crippen molar-refractivity contribution >= 4 is 33.0 Å². The molecule has 0 unspecified atom stereocenters. The zero-order valence-electron chi connectivity index (χ0n) is 17.1. The predicted molar refractivity (Wildman–Crippen MR) is 128 cm³/mol. The highest BCUT2D eigenvalue weighted by Gasteiger charge is 2.17. The molecule has 32 heavy (non-hydrogen) atoms.